The quantitative estimate of drug-likeness (QED) is 0.315. The van der Waals surface area contributed by atoms with E-state index in [4.69, 9.17) is 28.3 Å². The van der Waals surface area contributed by atoms with Gasteiger partial charge in [-0.3, -0.25) is 4.90 Å². The molecule has 31 heavy (non-hydrogen) atoms. The molecule has 1 fully saturated rings. The highest BCUT2D eigenvalue weighted by Gasteiger charge is 2.44. The number of fused-ring (bicyclic) bond motifs is 2. The first-order valence-electron chi connectivity index (χ1n) is 11.0. The highest BCUT2D eigenvalue weighted by molar-refractivity contribution is 6.31. The largest absolute Gasteiger partial charge is 0.306 e. The topological polar surface area (TPSA) is 27.6 Å². The first kappa shape index (κ1) is 22.1. The van der Waals surface area contributed by atoms with Gasteiger partial charge in [0.15, 0.2) is 0 Å². The molecule has 2 aromatic carbocycles. The second-order valence-electron chi connectivity index (χ2n) is 8.39. The van der Waals surface area contributed by atoms with Gasteiger partial charge in [-0.2, -0.15) is 5.10 Å². The number of likely N-dealkylation sites (tertiary alicyclic amines) is 1. The van der Waals surface area contributed by atoms with Crippen molar-refractivity contribution in [3.63, 3.8) is 0 Å². The van der Waals surface area contributed by atoms with E-state index in [0.29, 0.717) is 0 Å². The smallest absolute Gasteiger partial charge is 0.0687 e. The van der Waals surface area contributed by atoms with Crippen molar-refractivity contribution in [2.75, 3.05) is 26.2 Å². The number of allylic oxidation sites excluding steroid dienone is 1. The zero-order chi connectivity index (χ0) is 21.7. The normalized spacial score (nSPS) is 19.6. The molecule has 3 nitrogen and oxygen atoms in total. The Kier molecular flexibility index (Phi) is 7.16. The molecule has 1 N–H and O–H groups in total. The number of rotatable bonds is 6. The Hall–Kier alpha value is -2.07. The number of nitrogens with zero attached hydrogens (tertiary/aromatic N) is 2. The van der Waals surface area contributed by atoms with Crippen molar-refractivity contribution in [1.29, 1.82) is 0 Å². The Morgan fingerprint density at radius 3 is 2.52 bits per heavy atom. The molecular formula is C26H29Cl2N3. The van der Waals surface area contributed by atoms with Crippen LogP contribution in [-0.4, -0.2) is 36.8 Å². The average molecular weight is 454 g/mol. The van der Waals surface area contributed by atoms with Gasteiger partial charge in [-0.25, -0.2) is 0 Å². The average Bonchev–Trinajstić information content (AvgIpc) is 3.06. The van der Waals surface area contributed by atoms with E-state index in [-0.39, 0.29) is 5.41 Å². The second-order valence-corrected chi connectivity index (χ2v) is 9.26. The maximum Gasteiger partial charge on any atom is 0.0687 e. The molecule has 0 amide bonds. The number of benzene rings is 2. The molecule has 5 heteroatoms. The van der Waals surface area contributed by atoms with Crippen molar-refractivity contribution in [2.45, 2.75) is 31.6 Å². The lowest BCUT2D eigenvalue weighted by Gasteiger charge is -2.39. The maximum absolute atomic E-state index is 6.39. The van der Waals surface area contributed by atoms with E-state index < -0.39 is 0 Å². The number of hydrazone groups is 1. The summed E-state index contributed by atoms with van der Waals surface area (Å²) in [5.74, 6) is 0. The highest BCUT2D eigenvalue weighted by atomic mass is 35.5. The van der Waals surface area contributed by atoms with Gasteiger partial charge in [0.05, 0.1) is 12.3 Å². The molecular weight excluding hydrogens is 425 g/mol. The molecule has 4 rings (SSSR count). The highest BCUT2D eigenvalue weighted by Crippen LogP contribution is 2.47. The maximum atomic E-state index is 6.39. The molecule has 1 heterocycles. The number of halogens is 2. The summed E-state index contributed by atoms with van der Waals surface area (Å²) < 4.78 is 0. The Morgan fingerprint density at radius 2 is 1.77 bits per heavy atom. The summed E-state index contributed by atoms with van der Waals surface area (Å²) in [6.07, 6.45) is 11.8. The number of hydrogen-bond acceptors (Lipinski definition) is 3. The monoisotopic (exact) mass is 453 g/mol. The molecule has 1 spiro atoms. The fraction of sp³-hybridized carbons (Fsp3) is 0.346. The molecule has 2 aliphatic rings. The fourth-order valence-corrected chi connectivity index (χ4v) is 4.95. The Morgan fingerprint density at radius 1 is 1.03 bits per heavy atom. The minimum Gasteiger partial charge on any atom is -0.306 e. The number of piperidine rings is 1. The van der Waals surface area contributed by atoms with E-state index in [1.165, 1.54) is 16.7 Å². The predicted molar refractivity (Wildman–Crippen MR) is 133 cm³/mol. The third-order valence-corrected chi connectivity index (χ3v) is 6.87. The molecule has 1 saturated heterocycles. The van der Waals surface area contributed by atoms with Crippen molar-refractivity contribution >= 4 is 35.0 Å². The van der Waals surface area contributed by atoms with Crippen molar-refractivity contribution in [1.82, 2.24) is 10.3 Å². The van der Waals surface area contributed by atoms with Gasteiger partial charge >= 0.3 is 0 Å². The standard InChI is InChI=1S/C26H29Cl2N3/c1-2-3-14-29-30-25-19-26(24-18-22(28)10-11-23(24)25)12-16-31(17-13-26)15-4-5-20-6-8-21(27)9-7-20/h2-11,18,29H,12-17,19H2,1H3/b3-2+,5-4+,30-25+. The predicted octanol–water partition coefficient (Wildman–Crippen LogP) is 6.31. The van der Waals surface area contributed by atoms with Gasteiger partial charge in [0.25, 0.3) is 0 Å². The van der Waals surface area contributed by atoms with Crippen LogP contribution in [0.3, 0.4) is 0 Å². The van der Waals surface area contributed by atoms with Crippen molar-refractivity contribution in [3.8, 4) is 0 Å². The summed E-state index contributed by atoms with van der Waals surface area (Å²) in [4.78, 5) is 2.53. The third-order valence-electron chi connectivity index (χ3n) is 6.39. The molecule has 162 valence electrons. The summed E-state index contributed by atoms with van der Waals surface area (Å²) >= 11 is 12.4. The van der Waals surface area contributed by atoms with Crippen LogP contribution >= 0.6 is 23.2 Å². The van der Waals surface area contributed by atoms with Gasteiger partial charge in [0, 0.05) is 34.0 Å². The molecule has 0 unspecified atom stereocenters. The number of hydrogen-bond donors (Lipinski definition) is 1. The van der Waals surface area contributed by atoms with Crippen LogP contribution in [-0.2, 0) is 5.41 Å². The molecule has 0 radical (unpaired) electrons. The summed E-state index contributed by atoms with van der Waals surface area (Å²) in [6, 6.07) is 14.3. The van der Waals surface area contributed by atoms with E-state index in [2.05, 4.69) is 52.8 Å². The Balaban J connectivity index is 1.42. The van der Waals surface area contributed by atoms with Crippen molar-refractivity contribution < 1.29 is 0 Å². The van der Waals surface area contributed by atoms with E-state index in [1.54, 1.807) is 0 Å². The zero-order valence-corrected chi connectivity index (χ0v) is 19.5. The van der Waals surface area contributed by atoms with Gasteiger partial charge in [-0.15, -0.1) is 0 Å². The van der Waals surface area contributed by atoms with Crippen LogP contribution in [0.1, 0.15) is 42.9 Å². The lowest BCUT2D eigenvalue weighted by molar-refractivity contribution is 0.179. The lowest BCUT2D eigenvalue weighted by atomic mass is 9.74. The third kappa shape index (κ3) is 5.23. The molecule has 0 saturated carbocycles. The summed E-state index contributed by atoms with van der Waals surface area (Å²) in [6.45, 7) is 5.90. The molecule has 0 bridgehead atoms. The molecule has 0 atom stereocenters. The van der Waals surface area contributed by atoms with Gasteiger partial charge in [-0.1, -0.05) is 65.7 Å². The lowest BCUT2D eigenvalue weighted by Crippen LogP contribution is -2.41. The summed E-state index contributed by atoms with van der Waals surface area (Å²) in [5, 5.41) is 6.32. The minimum atomic E-state index is 0.151. The van der Waals surface area contributed by atoms with Crippen LogP contribution < -0.4 is 5.43 Å². The van der Waals surface area contributed by atoms with Crippen LogP contribution in [0.2, 0.25) is 10.0 Å². The molecule has 1 aliphatic heterocycles. The van der Waals surface area contributed by atoms with E-state index in [1.807, 2.05) is 31.2 Å². The van der Waals surface area contributed by atoms with Crippen molar-refractivity contribution in [3.05, 3.63) is 87.4 Å². The Bertz CT molecular complexity index is 984. The number of nitrogens with one attached hydrogen (secondary N) is 1. The zero-order valence-electron chi connectivity index (χ0n) is 18.0. The fourth-order valence-electron chi connectivity index (χ4n) is 4.65. The van der Waals surface area contributed by atoms with E-state index in [9.17, 15) is 0 Å². The van der Waals surface area contributed by atoms with E-state index >= 15 is 0 Å². The van der Waals surface area contributed by atoms with E-state index in [0.717, 1.165) is 61.2 Å². The molecule has 0 aromatic heterocycles. The van der Waals surface area contributed by atoms with Crippen LogP contribution in [0.15, 0.2) is 65.8 Å². The first-order chi connectivity index (χ1) is 15.1. The summed E-state index contributed by atoms with van der Waals surface area (Å²) in [7, 11) is 0. The van der Waals surface area contributed by atoms with Gasteiger partial charge < -0.3 is 5.43 Å². The van der Waals surface area contributed by atoms with Crippen LogP contribution in [0.25, 0.3) is 6.08 Å². The minimum absolute atomic E-state index is 0.151. The van der Waals surface area contributed by atoms with Crippen LogP contribution in [0.4, 0.5) is 0 Å². The van der Waals surface area contributed by atoms with Gasteiger partial charge in [0.2, 0.25) is 0 Å². The second kappa shape index (κ2) is 10.0. The molecule has 2 aromatic rings. The van der Waals surface area contributed by atoms with Crippen molar-refractivity contribution in [2.24, 2.45) is 5.10 Å². The van der Waals surface area contributed by atoms with Crippen LogP contribution in [0.5, 0.6) is 0 Å². The Labute approximate surface area is 195 Å². The first-order valence-corrected chi connectivity index (χ1v) is 11.7. The van der Waals surface area contributed by atoms with Crippen LogP contribution in [0, 0.1) is 0 Å². The van der Waals surface area contributed by atoms with Gasteiger partial charge in [0.1, 0.15) is 0 Å². The molecule has 1 aliphatic carbocycles. The van der Waals surface area contributed by atoms with Gasteiger partial charge in [-0.05, 0) is 68.2 Å². The summed E-state index contributed by atoms with van der Waals surface area (Å²) in [5.41, 5.74) is 8.33. The SMILES string of the molecule is C/C=C/CN/N=C1\CC2(CCN(C/C=C/c3ccc(Cl)cc3)CC2)c2cc(Cl)ccc21.